The van der Waals surface area contributed by atoms with Gasteiger partial charge in [0, 0.05) is 67.1 Å². The number of rotatable bonds is 8. The molecule has 1 radical (unpaired) electrons. The first-order chi connectivity index (χ1) is 19.3. The fraction of sp³-hybridized carbons (Fsp3) is 0.214. The molecule has 2 aromatic heterocycles. The smallest absolute Gasteiger partial charge is 0.872 e. The van der Waals surface area contributed by atoms with E-state index in [1.807, 2.05) is 60.7 Å². The SMILES string of the molecule is CO.CO.[Co+2].[O-]c1c(I)cc(I)cc1CNCc1ccccn1.[O-]c1c(I)cc(I)cc1CNCc1ccccn1. The van der Waals surface area contributed by atoms with Crippen LogP contribution in [0, 0.1) is 14.3 Å². The molecule has 0 aliphatic heterocycles. The number of aliphatic hydroxyl groups is 2. The second-order valence-electron chi connectivity index (χ2n) is 7.60. The number of pyridine rings is 2. The summed E-state index contributed by atoms with van der Waals surface area (Å²) in [6.07, 6.45) is 3.54. The molecule has 2 aromatic carbocycles. The van der Waals surface area contributed by atoms with Gasteiger partial charge < -0.3 is 31.1 Å². The minimum atomic E-state index is 0. The Balaban J connectivity index is 0.000000681. The average molecular weight is 1050 g/mol. The minimum absolute atomic E-state index is 0. The van der Waals surface area contributed by atoms with Crippen molar-refractivity contribution < 1.29 is 37.2 Å². The van der Waals surface area contributed by atoms with Crippen molar-refractivity contribution in [3.8, 4) is 11.5 Å². The quantitative estimate of drug-likeness (QED) is 0.190. The summed E-state index contributed by atoms with van der Waals surface area (Å²) in [6, 6.07) is 19.3. The predicted octanol–water partition coefficient (Wildman–Crippen LogP) is 4.52. The van der Waals surface area contributed by atoms with Gasteiger partial charge in [-0.05, 0) is 150 Å². The number of nitrogens with zero attached hydrogens (tertiary/aromatic N) is 2. The molecular formula is C28H30CoI4N4O4. The number of hydrogen-bond acceptors (Lipinski definition) is 8. The number of nitrogens with one attached hydrogen (secondary N) is 2. The Hall–Kier alpha value is -0.394. The van der Waals surface area contributed by atoms with Crippen LogP contribution in [0.2, 0.25) is 0 Å². The largest absolute Gasteiger partial charge is 2.00 e. The molecule has 0 amide bonds. The zero-order chi connectivity index (χ0) is 29.9. The Morgan fingerprint density at radius 1 is 0.610 bits per heavy atom. The molecule has 4 rings (SSSR count). The molecule has 2 heterocycles. The van der Waals surface area contributed by atoms with E-state index in [2.05, 4.69) is 111 Å². The monoisotopic (exact) mass is 1050 g/mol. The van der Waals surface area contributed by atoms with Crippen molar-refractivity contribution in [2.45, 2.75) is 26.2 Å². The van der Waals surface area contributed by atoms with Gasteiger partial charge in [0.2, 0.25) is 0 Å². The minimum Gasteiger partial charge on any atom is -0.872 e. The molecule has 4 N–H and O–H groups in total. The number of halogens is 4. The zero-order valence-electron chi connectivity index (χ0n) is 22.2. The van der Waals surface area contributed by atoms with Gasteiger partial charge in [0.25, 0.3) is 0 Å². The predicted molar refractivity (Wildman–Crippen MR) is 188 cm³/mol. The van der Waals surface area contributed by atoms with E-state index in [4.69, 9.17) is 10.2 Å². The van der Waals surface area contributed by atoms with Gasteiger partial charge in [-0.15, -0.1) is 0 Å². The molecule has 0 spiro atoms. The average Bonchev–Trinajstić information content (AvgIpc) is 2.97. The number of aromatic nitrogens is 2. The first-order valence-corrected chi connectivity index (χ1v) is 16.1. The van der Waals surface area contributed by atoms with Crippen LogP contribution < -0.4 is 20.8 Å². The van der Waals surface area contributed by atoms with Gasteiger partial charge in [0.05, 0.1) is 11.4 Å². The molecule has 0 aliphatic rings. The van der Waals surface area contributed by atoms with Crippen LogP contribution in [0.4, 0.5) is 0 Å². The third kappa shape index (κ3) is 15.8. The van der Waals surface area contributed by atoms with E-state index in [1.165, 1.54) is 0 Å². The van der Waals surface area contributed by atoms with Crippen molar-refractivity contribution in [1.29, 1.82) is 0 Å². The summed E-state index contributed by atoms with van der Waals surface area (Å²) >= 11 is 8.62. The van der Waals surface area contributed by atoms with Gasteiger partial charge in [-0.1, -0.05) is 23.6 Å². The van der Waals surface area contributed by atoms with Gasteiger partial charge in [-0.3, -0.25) is 9.97 Å². The molecule has 0 fully saturated rings. The summed E-state index contributed by atoms with van der Waals surface area (Å²) in [5, 5.41) is 44.3. The molecular weight excluding hydrogens is 1020 g/mol. The number of hydrogen-bond donors (Lipinski definition) is 4. The fourth-order valence-corrected chi connectivity index (χ4v) is 7.08. The van der Waals surface area contributed by atoms with Crippen LogP contribution >= 0.6 is 90.4 Å². The summed E-state index contributed by atoms with van der Waals surface area (Å²) in [7, 11) is 2.00. The third-order valence-corrected chi connectivity index (χ3v) is 7.71. The normalized spacial score (nSPS) is 9.56. The van der Waals surface area contributed by atoms with Gasteiger partial charge in [0.15, 0.2) is 0 Å². The van der Waals surface area contributed by atoms with Crippen LogP contribution in [0.25, 0.3) is 0 Å². The number of benzene rings is 2. The van der Waals surface area contributed by atoms with E-state index in [0.29, 0.717) is 26.2 Å². The molecule has 0 atom stereocenters. The molecule has 13 heteroatoms. The van der Waals surface area contributed by atoms with E-state index in [1.54, 1.807) is 12.4 Å². The third-order valence-electron chi connectivity index (χ3n) is 4.87. The van der Waals surface area contributed by atoms with Crippen molar-refractivity contribution in [1.82, 2.24) is 20.6 Å². The van der Waals surface area contributed by atoms with Crippen LogP contribution in [0.1, 0.15) is 22.5 Å². The fourth-order valence-electron chi connectivity index (χ4n) is 3.15. The summed E-state index contributed by atoms with van der Waals surface area (Å²) in [4.78, 5) is 8.45. The first-order valence-electron chi connectivity index (χ1n) is 11.7. The Bertz CT molecular complexity index is 1180. The second kappa shape index (κ2) is 24.0. The van der Waals surface area contributed by atoms with E-state index < -0.39 is 0 Å². The standard InChI is InChI=1S/2C13H12I2N2O.2CH4O.Co/c2*14-10-5-9(13(18)12(15)6-10)7-16-8-11-3-1-2-4-17-11;2*1-2;/h2*1-6,16,18H,7-8H2;2*2H,1H3;/q;;;;+2/p-2. The van der Waals surface area contributed by atoms with Crippen molar-refractivity contribution in [2.75, 3.05) is 14.2 Å². The molecule has 223 valence electrons. The Morgan fingerprint density at radius 2 is 0.976 bits per heavy atom. The maximum absolute atomic E-state index is 11.9. The topological polar surface area (TPSA) is 136 Å². The molecule has 0 saturated heterocycles. The Kier molecular flexibility index (Phi) is 23.8. The van der Waals surface area contributed by atoms with Crippen LogP contribution in [0.15, 0.2) is 73.1 Å². The van der Waals surface area contributed by atoms with E-state index in [-0.39, 0.29) is 28.3 Å². The van der Waals surface area contributed by atoms with Crippen LogP contribution in [-0.4, -0.2) is 34.4 Å². The molecule has 8 nitrogen and oxygen atoms in total. The summed E-state index contributed by atoms with van der Waals surface area (Å²) in [6.45, 7) is 2.48. The van der Waals surface area contributed by atoms with Crippen molar-refractivity contribution >= 4 is 90.4 Å². The van der Waals surface area contributed by atoms with E-state index >= 15 is 0 Å². The van der Waals surface area contributed by atoms with Gasteiger partial charge in [-0.25, -0.2) is 0 Å². The van der Waals surface area contributed by atoms with E-state index in [9.17, 15) is 10.2 Å². The summed E-state index contributed by atoms with van der Waals surface area (Å²) in [5.41, 5.74) is 3.57. The molecule has 4 aromatic rings. The second-order valence-corrected chi connectivity index (χ2v) is 12.4. The maximum atomic E-state index is 11.9. The molecule has 0 bridgehead atoms. The Morgan fingerprint density at radius 3 is 1.29 bits per heavy atom. The molecule has 0 saturated carbocycles. The van der Waals surface area contributed by atoms with Crippen molar-refractivity contribution in [2.24, 2.45) is 0 Å². The van der Waals surface area contributed by atoms with Crippen LogP contribution in [-0.2, 0) is 43.0 Å². The molecule has 41 heavy (non-hydrogen) atoms. The van der Waals surface area contributed by atoms with E-state index in [0.717, 1.165) is 51.0 Å². The van der Waals surface area contributed by atoms with Gasteiger partial charge in [-0.2, -0.15) is 0 Å². The van der Waals surface area contributed by atoms with Gasteiger partial charge >= 0.3 is 16.8 Å². The summed E-state index contributed by atoms with van der Waals surface area (Å²) < 4.78 is 3.72. The number of aliphatic hydroxyl groups excluding tert-OH is 2. The van der Waals surface area contributed by atoms with Crippen molar-refractivity contribution in [3.05, 3.63) is 110 Å². The van der Waals surface area contributed by atoms with Crippen molar-refractivity contribution in [3.63, 3.8) is 0 Å². The zero-order valence-corrected chi connectivity index (χ0v) is 31.9. The van der Waals surface area contributed by atoms with Gasteiger partial charge in [0.1, 0.15) is 0 Å². The Labute approximate surface area is 306 Å². The first kappa shape index (κ1) is 40.6. The van der Waals surface area contributed by atoms with Crippen LogP contribution in [0.3, 0.4) is 0 Å². The summed E-state index contributed by atoms with van der Waals surface area (Å²) in [5.74, 6) is 0.231. The maximum Gasteiger partial charge on any atom is 2.00 e. The molecule has 0 unspecified atom stereocenters. The van der Waals surface area contributed by atoms with Crippen LogP contribution in [0.5, 0.6) is 11.5 Å². The molecule has 0 aliphatic carbocycles.